The first kappa shape index (κ1) is 14.3. The first-order valence-corrected chi connectivity index (χ1v) is 7.93. The molecular formula is C14H18BrN5O. The van der Waals surface area contributed by atoms with Gasteiger partial charge in [0.05, 0.1) is 34.3 Å². The normalized spacial score (nSPS) is 14.4. The lowest BCUT2D eigenvalue weighted by Crippen LogP contribution is -2.24. The van der Waals surface area contributed by atoms with Gasteiger partial charge in [-0.05, 0) is 42.6 Å². The number of nitrogens with zero attached hydrogens (tertiary/aromatic N) is 4. The van der Waals surface area contributed by atoms with Crippen molar-refractivity contribution in [2.24, 2.45) is 0 Å². The summed E-state index contributed by atoms with van der Waals surface area (Å²) in [6.45, 7) is 5.15. The predicted octanol–water partition coefficient (Wildman–Crippen LogP) is 2.15. The Hall–Kier alpha value is -1.63. The Morgan fingerprint density at radius 1 is 1.43 bits per heavy atom. The lowest BCUT2D eigenvalue weighted by Gasteiger charge is -2.09. The fourth-order valence-corrected chi connectivity index (χ4v) is 2.67. The molecule has 0 radical (unpaired) electrons. The van der Waals surface area contributed by atoms with Crippen molar-refractivity contribution in [1.29, 1.82) is 0 Å². The lowest BCUT2D eigenvalue weighted by molar-refractivity contribution is 0.558. The maximum absolute atomic E-state index is 12.2. The van der Waals surface area contributed by atoms with Crippen molar-refractivity contribution >= 4 is 21.6 Å². The van der Waals surface area contributed by atoms with Gasteiger partial charge in [-0.2, -0.15) is 10.2 Å². The molecule has 3 rings (SSSR count). The largest absolute Gasteiger partial charge is 0.381 e. The second-order valence-corrected chi connectivity index (χ2v) is 6.11. The Balaban J connectivity index is 1.86. The molecular weight excluding hydrogens is 334 g/mol. The summed E-state index contributed by atoms with van der Waals surface area (Å²) in [7, 11) is 0. The summed E-state index contributed by atoms with van der Waals surface area (Å²) < 4.78 is 4.30. The molecule has 1 aliphatic carbocycles. The van der Waals surface area contributed by atoms with Crippen LogP contribution in [0.3, 0.4) is 0 Å². The van der Waals surface area contributed by atoms with Crippen LogP contribution >= 0.6 is 15.9 Å². The molecule has 0 saturated heterocycles. The van der Waals surface area contributed by atoms with Crippen LogP contribution in [0.4, 0.5) is 5.69 Å². The van der Waals surface area contributed by atoms with E-state index in [1.165, 1.54) is 17.5 Å². The number of rotatable bonds is 5. The van der Waals surface area contributed by atoms with E-state index in [4.69, 9.17) is 0 Å². The summed E-state index contributed by atoms with van der Waals surface area (Å²) in [5.74, 6) is 0. The quantitative estimate of drug-likeness (QED) is 0.896. The monoisotopic (exact) mass is 351 g/mol. The molecule has 1 saturated carbocycles. The number of anilines is 1. The van der Waals surface area contributed by atoms with E-state index in [-0.39, 0.29) is 5.56 Å². The molecule has 2 aromatic heterocycles. The van der Waals surface area contributed by atoms with Crippen molar-refractivity contribution in [2.45, 2.75) is 45.8 Å². The summed E-state index contributed by atoms with van der Waals surface area (Å²) in [6.07, 6.45) is 4.06. The molecule has 6 nitrogen and oxygen atoms in total. The minimum atomic E-state index is -0.103. The highest BCUT2D eigenvalue weighted by atomic mass is 79.9. The molecule has 0 bridgehead atoms. The molecule has 112 valence electrons. The van der Waals surface area contributed by atoms with Gasteiger partial charge >= 0.3 is 0 Å². The maximum Gasteiger partial charge on any atom is 0.269 e. The van der Waals surface area contributed by atoms with Crippen LogP contribution in [0, 0.1) is 6.92 Å². The highest BCUT2D eigenvalue weighted by Crippen LogP contribution is 2.24. The Labute approximate surface area is 131 Å². The van der Waals surface area contributed by atoms with Crippen LogP contribution in [0.1, 0.15) is 31.2 Å². The fraction of sp³-hybridized carbons (Fsp3) is 0.500. The molecule has 0 aromatic carbocycles. The van der Waals surface area contributed by atoms with Gasteiger partial charge in [-0.3, -0.25) is 9.48 Å². The maximum atomic E-state index is 12.2. The van der Waals surface area contributed by atoms with Crippen molar-refractivity contribution in [3.05, 3.63) is 38.5 Å². The second kappa shape index (κ2) is 5.63. The summed E-state index contributed by atoms with van der Waals surface area (Å²) >= 11 is 3.54. The molecule has 1 N–H and O–H groups in total. The van der Waals surface area contributed by atoms with Crippen LogP contribution in [0.15, 0.2) is 21.5 Å². The van der Waals surface area contributed by atoms with Crippen LogP contribution in [0.5, 0.6) is 0 Å². The third kappa shape index (κ3) is 3.02. The Morgan fingerprint density at radius 3 is 2.81 bits per heavy atom. The van der Waals surface area contributed by atoms with Gasteiger partial charge in [0, 0.05) is 18.7 Å². The van der Waals surface area contributed by atoms with Gasteiger partial charge in [0.25, 0.3) is 5.56 Å². The molecule has 0 unspecified atom stereocenters. The van der Waals surface area contributed by atoms with Crippen molar-refractivity contribution in [1.82, 2.24) is 19.6 Å². The average Bonchev–Trinajstić information content (AvgIpc) is 3.23. The van der Waals surface area contributed by atoms with Gasteiger partial charge in [-0.15, -0.1) is 0 Å². The Morgan fingerprint density at radius 2 is 2.19 bits per heavy atom. The summed E-state index contributed by atoms with van der Waals surface area (Å²) in [5, 5.41) is 12.0. The first-order valence-electron chi connectivity index (χ1n) is 7.14. The lowest BCUT2D eigenvalue weighted by atomic mass is 10.3. The molecule has 0 atom stereocenters. The van der Waals surface area contributed by atoms with E-state index >= 15 is 0 Å². The number of hydrogen-bond donors (Lipinski definition) is 1. The van der Waals surface area contributed by atoms with Gasteiger partial charge in [0.2, 0.25) is 0 Å². The van der Waals surface area contributed by atoms with E-state index in [2.05, 4.69) is 31.4 Å². The highest BCUT2D eigenvalue weighted by molar-refractivity contribution is 9.10. The number of halogens is 1. The van der Waals surface area contributed by atoms with Crippen molar-refractivity contribution < 1.29 is 0 Å². The summed E-state index contributed by atoms with van der Waals surface area (Å²) in [4.78, 5) is 12.2. The molecule has 7 heteroatoms. The second-order valence-electron chi connectivity index (χ2n) is 5.32. The van der Waals surface area contributed by atoms with E-state index in [9.17, 15) is 4.79 Å². The van der Waals surface area contributed by atoms with E-state index in [1.54, 1.807) is 12.3 Å². The van der Waals surface area contributed by atoms with Gasteiger partial charge < -0.3 is 5.32 Å². The number of aromatic nitrogens is 4. The topological polar surface area (TPSA) is 64.7 Å². The third-order valence-electron chi connectivity index (χ3n) is 3.57. The highest BCUT2D eigenvalue weighted by Gasteiger charge is 2.21. The van der Waals surface area contributed by atoms with Crippen LogP contribution in [0.2, 0.25) is 0 Å². The molecule has 0 amide bonds. The summed E-state index contributed by atoms with van der Waals surface area (Å²) in [5.41, 5.74) is 2.59. The molecule has 0 aliphatic heterocycles. The van der Waals surface area contributed by atoms with Crippen LogP contribution in [-0.2, 0) is 13.1 Å². The molecule has 21 heavy (non-hydrogen) atoms. The Kier molecular flexibility index (Phi) is 3.84. The average molecular weight is 352 g/mol. The molecule has 2 aromatic rings. The van der Waals surface area contributed by atoms with Crippen molar-refractivity contribution in [3.63, 3.8) is 0 Å². The number of hydrogen-bond acceptors (Lipinski definition) is 4. The van der Waals surface area contributed by atoms with E-state index in [1.807, 2.05) is 18.5 Å². The van der Waals surface area contributed by atoms with E-state index < -0.39 is 0 Å². The first-order chi connectivity index (χ1) is 10.1. The zero-order chi connectivity index (χ0) is 15.0. The number of nitrogens with one attached hydrogen (secondary N) is 1. The van der Waals surface area contributed by atoms with Crippen LogP contribution in [0.25, 0.3) is 0 Å². The number of aryl methyl sites for hydroxylation is 2. The molecule has 1 aliphatic rings. The predicted molar refractivity (Wildman–Crippen MR) is 84.6 cm³/mol. The van der Waals surface area contributed by atoms with Crippen LogP contribution in [-0.4, -0.2) is 25.6 Å². The molecule has 0 spiro atoms. The SMILES string of the molecule is CCn1nc(C)c(Br)c1Cn1ncc(NC2CC2)cc1=O. The van der Waals surface area contributed by atoms with Gasteiger partial charge in [0.1, 0.15) is 0 Å². The van der Waals surface area contributed by atoms with E-state index in [0.717, 1.165) is 28.1 Å². The zero-order valence-corrected chi connectivity index (χ0v) is 13.7. The van der Waals surface area contributed by atoms with Gasteiger partial charge in [-0.1, -0.05) is 0 Å². The third-order valence-corrected chi connectivity index (χ3v) is 4.60. The molecule has 2 heterocycles. The molecule has 1 fully saturated rings. The summed E-state index contributed by atoms with van der Waals surface area (Å²) in [6, 6.07) is 2.12. The Bertz CT molecular complexity index is 717. The minimum Gasteiger partial charge on any atom is -0.381 e. The fourth-order valence-electron chi connectivity index (χ4n) is 2.26. The van der Waals surface area contributed by atoms with Crippen molar-refractivity contribution in [2.75, 3.05) is 5.32 Å². The van der Waals surface area contributed by atoms with E-state index in [0.29, 0.717) is 12.6 Å². The smallest absolute Gasteiger partial charge is 0.269 e. The van der Waals surface area contributed by atoms with Crippen molar-refractivity contribution in [3.8, 4) is 0 Å². The standard InChI is InChI=1S/C14H18BrN5O/c1-3-19-12(14(15)9(2)18-19)8-20-13(21)6-11(7-16-20)17-10-4-5-10/h6-7,10,17H,3-5,8H2,1-2H3. The minimum absolute atomic E-state index is 0.103. The van der Waals surface area contributed by atoms with Crippen LogP contribution < -0.4 is 10.9 Å². The zero-order valence-electron chi connectivity index (χ0n) is 12.1. The van der Waals surface area contributed by atoms with Gasteiger partial charge in [0.15, 0.2) is 0 Å². The van der Waals surface area contributed by atoms with Gasteiger partial charge in [-0.25, -0.2) is 4.68 Å².